The molecule has 0 unspecified atom stereocenters. The number of carbonyl (C=O) groups excluding carboxylic acids is 1. The molecule has 37 heavy (non-hydrogen) atoms. The minimum Gasteiger partial charge on any atom is -0.487 e. The molecule has 3 aromatic carbocycles. The Balaban J connectivity index is 1.53. The summed E-state index contributed by atoms with van der Waals surface area (Å²) in [4.78, 5) is 12.6. The van der Waals surface area contributed by atoms with Gasteiger partial charge in [0.05, 0.1) is 13.7 Å². The number of anilines is 1. The second kappa shape index (κ2) is 9.97. The molecule has 0 saturated carbocycles. The van der Waals surface area contributed by atoms with Crippen molar-refractivity contribution < 1.29 is 23.4 Å². The second-order valence-electron chi connectivity index (χ2n) is 10.9. The smallest absolute Gasteiger partial charge is 0.335 e. The third-order valence-electron chi connectivity index (χ3n) is 7.61. The highest BCUT2D eigenvalue weighted by Crippen LogP contribution is 2.47. The van der Waals surface area contributed by atoms with Gasteiger partial charge in [0, 0.05) is 17.2 Å². The lowest BCUT2D eigenvalue weighted by Gasteiger charge is -2.45. The summed E-state index contributed by atoms with van der Waals surface area (Å²) >= 11 is 0. The molecule has 6 nitrogen and oxygen atoms in total. The van der Waals surface area contributed by atoms with Crippen LogP contribution in [-0.2, 0) is 18.7 Å². The predicted octanol–water partition coefficient (Wildman–Crippen LogP) is 4.02. The number of carbonyl (C=O) groups is 1. The zero-order valence-corrected chi connectivity index (χ0v) is 22.8. The molecule has 0 spiro atoms. The van der Waals surface area contributed by atoms with Crippen LogP contribution in [0.3, 0.4) is 0 Å². The number of hydrogen-bond acceptors (Lipinski definition) is 6. The van der Waals surface area contributed by atoms with Gasteiger partial charge in [0.25, 0.3) is 8.32 Å². The topological polar surface area (TPSA) is 80.0 Å². The number of rotatable bonds is 6. The fourth-order valence-corrected chi connectivity index (χ4v) is 10.5. The summed E-state index contributed by atoms with van der Waals surface area (Å²) in [5.74, 6) is 0.365. The van der Waals surface area contributed by atoms with Gasteiger partial charge >= 0.3 is 5.97 Å². The third-order valence-corrected chi connectivity index (χ3v) is 12.6. The van der Waals surface area contributed by atoms with E-state index in [0.717, 1.165) is 11.3 Å². The average Bonchev–Trinajstić information content (AvgIpc) is 3.27. The first-order valence-electron chi connectivity index (χ1n) is 12.8. The van der Waals surface area contributed by atoms with Gasteiger partial charge in [0.1, 0.15) is 18.0 Å². The van der Waals surface area contributed by atoms with Crippen LogP contribution < -0.4 is 20.8 Å². The second-order valence-corrected chi connectivity index (χ2v) is 15.2. The Labute approximate surface area is 219 Å². The van der Waals surface area contributed by atoms with Gasteiger partial charge < -0.3 is 24.4 Å². The van der Waals surface area contributed by atoms with E-state index in [2.05, 4.69) is 69.3 Å². The van der Waals surface area contributed by atoms with Gasteiger partial charge in [0.2, 0.25) is 0 Å². The van der Waals surface area contributed by atoms with Crippen LogP contribution in [0, 0.1) is 0 Å². The Kier molecular flexibility index (Phi) is 6.87. The fraction of sp³-hybridized carbons (Fsp3) is 0.367. The van der Waals surface area contributed by atoms with E-state index in [1.165, 1.54) is 17.5 Å². The largest absolute Gasteiger partial charge is 0.487 e. The number of benzene rings is 3. The van der Waals surface area contributed by atoms with Crippen LogP contribution in [0.5, 0.6) is 5.75 Å². The number of methoxy groups -OCH3 is 1. The van der Waals surface area contributed by atoms with Gasteiger partial charge in [-0.3, -0.25) is 0 Å². The Morgan fingerprint density at radius 1 is 1.00 bits per heavy atom. The molecule has 1 fully saturated rings. The summed E-state index contributed by atoms with van der Waals surface area (Å²) < 4.78 is 25.0. The minimum atomic E-state index is -2.80. The van der Waals surface area contributed by atoms with Crippen LogP contribution in [0.25, 0.3) is 0 Å². The zero-order valence-electron chi connectivity index (χ0n) is 21.8. The molecule has 2 aliphatic heterocycles. The maximum Gasteiger partial charge on any atom is 0.335 e. The lowest BCUT2D eigenvalue weighted by molar-refractivity contribution is -0.174. The van der Waals surface area contributed by atoms with Crippen molar-refractivity contribution in [2.24, 2.45) is 0 Å². The van der Waals surface area contributed by atoms with E-state index in [1.807, 2.05) is 30.3 Å². The van der Waals surface area contributed by atoms with E-state index >= 15 is 0 Å². The van der Waals surface area contributed by atoms with Crippen molar-refractivity contribution in [2.75, 3.05) is 19.5 Å². The molecule has 2 N–H and O–H groups in total. The molecule has 0 aromatic heterocycles. The van der Waals surface area contributed by atoms with Crippen molar-refractivity contribution in [1.29, 1.82) is 0 Å². The molecule has 194 valence electrons. The molecule has 4 atom stereocenters. The molecule has 2 aliphatic rings. The molecular weight excluding hydrogens is 482 g/mol. The van der Waals surface area contributed by atoms with Gasteiger partial charge in [-0.25, -0.2) is 4.79 Å². The molecule has 0 radical (unpaired) electrons. The molecule has 5 rings (SSSR count). The molecule has 2 heterocycles. The Hall–Kier alpha value is -3.13. The van der Waals surface area contributed by atoms with Crippen LogP contribution in [-0.4, -0.2) is 46.3 Å². The van der Waals surface area contributed by atoms with Gasteiger partial charge in [-0.05, 0) is 40.0 Å². The van der Waals surface area contributed by atoms with E-state index < -0.39 is 20.5 Å². The monoisotopic (exact) mass is 517 g/mol. The SMILES string of the molecule is COC(=O)[C@@H]1C[C@@H]2c3cc(N)ccc3O[C@@H]2[C@@H](CO[Si](c2ccccc2)(c2ccccc2)C(C)(C)C)O1. The average molecular weight is 518 g/mol. The minimum absolute atomic E-state index is 0.0379. The van der Waals surface area contributed by atoms with Crippen LogP contribution in [0.2, 0.25) is 5.04 Å². The molecule has 7 heteroatoms. The van der Waals surface area contributed by atoms with Crippen LogP contribution in [0.15, 0.2) is 78.9 Å². The maximum atomic E-state index is 12.6. The highest BCUT2D eigenvalue weighted by atomic mass is 28.4. The van der Waals surface area contributed by atoms with Crippen molar-refractivity contribution >= 4 is 30.3 Å². The number of esters is 1. The highest BCUT2D eigenvalue weighted by molar-refractivity contribution is 6.99. The van der Waals surface area contributed by atoms with Crippen LogP contribution in [0.4, 0.5) is 5.69 Å². The lowest BCUT2D eigenvalue weighted by atomic mass is 9.85. The van der Waals surface area contributed by atoms with Crippen LogP contribution in [0.1, 0.15) is 38.7 Å². The first-order valence-corrected chi connectivity index (χ1v) is 14.7. The highest BCUT2D eigenvalue weighted by Gasteiger charge is 2.53. The first kappa shape index (κ1) is 25.5. The zero-order chi connectivity index (χ0) is 26.2. The van der Waals surface area contributed by atoms with Crippen molar-refractivity contribution in [3.63, 3.8) is 0 Å². The van der Waals surface area contributed by atoms with E-state index in [9.17, 15) is 4.79 Å². The number of nitrogen functional groups attached to an aromatic ring is 1. The molecular formula is C30H35NO5Si. The maximum absolute atomic E-state index is 12.6. The lowest BCUT2D eigenvalue weighted by Crippen LogP contribution is -2.67. The van der Waals surface area contributed by atoms with E-state index in [1.54, 1.807) is 0 Å². The van der Waals surface area contributed by atoms with Gasteiger partial charge in [-0.1, -0.05) is 81.4 Å². The van der Waals surface area contributed by atoms with Crippen molar-refractivity contribution in [3.8, 4) is 5.75 Å². The number of ether oxygens (including phenoxy) is 3. The Morgan fingerprint density at radius 3 is 2.19 bits per heavy atom. The molecule has 3 aromatic rings. The van der Waals surface area contributed by atoms with Crippen molar-refractivity contribution in [1.82, 2.24) is 0 Å². The Bertz CT molecular complexity index is 1200. The number of hydrogen-bond donors (Lipinski definition) is 1. The number of fused-ring (bicyclic) bond motifs is 3. The van der Waals surface area contributed by atoms with Gasteiger partial charge in [0.15, 0.2) is 6.10 Å². The standard InChI is InChI=1S/C30H35NO5Si/c1-30(2,3)37(21-11-7-5-8-12-21,22-13-9-6-10-14-22)34-19-27-28-24(18-26(35-27)29(32)33-4)23-17-20(31)15-16-25(23)36-28/h5-17,24,26-28H,18-19,31H2,1-4H3/t24-,26+,27-,28+/m1/s1. The van der Waals surface area contributed by atoms with Crippen molar-refractivity contribution in [2.45, 2.75) is 56.5 Å². The van der Waals surface area contributed by atoms with Crippen LogP contribution >= 0.6 is 0 Å². The van der Waals surface area contributed by atoms with Gasteiger partial charge in [-0.15, -0.1) is 0 Å². The molecule has 0 aliphatic carbocycles. The van der Waals surface area contributed by atoms with Gasteiger partial charge in [-0.2, -0.15) is 0 Å². The van der Waals surface area contributed by atoms with E-state index in [-0.39, 0.29) is 29.6 Å². The fourth-order valence-electron chi connectivity index (χ4n) is 5.93. The summed E-state index contributed by atoms with van der Waals surface area (Å²) in [5, 5.41) is 2.20. The van der Waals surface area contributed by atoms with Crippen molar-refractivity contribution in [3.05, 3.63) is 84.4 Å². The van der Waals surface area contributed by atoms with E-state index in [0.29, 0.717) is 12.1 Å². The normalized spacial score (nSPS) is 23.0. The van der Waals surface area contributed by atoms with E-state index in [4.69, 9.17) is 24.4 Å². The molecule has 0 amide bonds. The number of nitrogens with two attached hydrogens (primary N) is 1. The molecule has 0 bridgehead atoms. The first-order chi connectivity index (χ1) is 17.7. The quantitative estimate of drug-likeness (QED) is 0.302. The summed E-state index contributed by atoms with van der Waals surface area (Å²) in [6.07, 6.45) is -0.965. The summed E-state index contributed by atoms with van der Waals surface area (Å²) in [6, 6.07) is 26.7. The molecule has 1 saturated heterocycles. The predicted molar refractivity (Wildman–Crippen MR) is 147 cm³/mol. The summed E-state index contributed by atoms with van der Waals surface area (Å²) in [7, 11) is -1.40. The Morgan fingerprint density at radius 2 is 1.62 bits per heavy atom. The third kappa shape index (κ3) is 4.56. The summed E-state index contributed by atoms with van der Waals surface area (Å²) in [6.45, 7) is 7.01. The summed E-state index contributed by atoms with van der Waals surface area (Å²) in [5.41, 5.74) is 7.79.